The summed E-state index contributed by atoms with van der Waals surface area (Å²) in [6.07, 6.45) is -4.42. The topological polar surface area (TPSA) is 44.1 Å². The summed E-state index contributed by atoms with van der Waals surface area (Å²) in [6.45, 7) is 0. The van der Waals surface area contributed by atoms with Crippen LogP contribution in [-0.2, 0) is 11.9 Å². The Morgan fingerprint density at radius 2 is 1.74 bits per heavy atom. The van der Waals surface area contributed by atoms with Gasteiger partial charge >= 0.3 is 6.18 Å². The first kappa shape index (κ1) is 21.0. The van der Waals surface area contributed by atoms with Crippen LogP contribution in [0.25, 0.3) is 16.6 Å². The molecule has 0 aliphatic carbocycles. The summed E-state index contributed by atoms with van der Waals surface area (Å²) in [6, 6.07) is 19.1. The Balaban J connectivity index is 1.81. The molecule has 0 bridgehead atoms. The molecule has 0 saturated carbocycles. The number of thioether (sulfide) groups is 1. The van der Waals surface area contributed by atoms with Gasteiger partial charge in [0.1, 0.15) is 5.75 Å². The van der Waals surface area contributed by atoms with Gasteiger partial charge in [0.05, 0.1) is 29.3 Å². The standard InChI is InChI=1S/C23H17F3N2O2S/c1-30-20-12-5-4-11-19(20)28-21(29)17-9-2-3-10-18(17)27-22(28)31-14-15-7-6-8-16(13-15)23(24,25)26/h2-13H,14H2,1H3. The number of hydrogen-bond donors (Lipinski definition) is 0. The van der Waals surface area contributed by atoms with Crippen LogP contribution in [0, 0.1) is 0 Å². The molecule has 0 N–H and O–H groups in total. The van der Waals surface area contributed by atoms with E-state index in [9.17, 15) is 18.0 Å². The molecule has 0 atom stereocenters. The normalized spacial score (nSPS) is 11.6. The highest BCUT2D eigenvalue weighted by Crippen LogP contribution is 2.32. The summed E-state index contributed by atoms with van der Waals surface area (Å²) in [7, 11) is 1.51. The molecule has 4 nitrogen and oxygen atoms in total. The van der Waals surface area contributed by atoms with Crippen LogP contribution >= 0.6 is 11.8 Å². The lowest BCUT2D eigenvalue weighted by molar-refractivity contribution is -0.137. The van der Waals surface area contributed by atoms with Crippen molar-refractivity contribution in [3.05, 3.63) is 94.3 Å². The van der Waals surface area contributed by atoms with Crippen molar-refractivity contribution < 1.29 is 17.9 Å². The number of nitrogens with zero attached hydrogens (tertiary/aromatic N) is 2. The van der Waals surface area contributed by atoms with E-state index in [1.54, 1.807) is 54.6 Å². The maximum absolute atomic E-state index is 13.3. The van der Waals surface area contributed by atoms with Gasteiger partial charge in [-0.05, 0) is 35.9 Å². The SMILES string of the molecule is COc1ccccc1-n1c(SCc2cccc(C(F)(F)F)c2)nc2ccccc2c1=O. The Morgan fingerprint density at radius 1 is 1.00 bits per heavy atom. The van der Waals surface area contributed by atoms with Gasteiger partial charge in [0.25, 0.3) is 5.56 Å². The van der Waals surface area contributed by atoms with Gasteiger partial charge in [0.2, 0.25) is 0 Å². The molecule has 4 rings (SSSR count). The van der Waals surface area contributed by atoms with Crippen molar-refractivity contribution in [1.29, 1.82) is 0 Å². The van der Waals surface area contributed by atoms with E-state index in [4.69, 9.17) is 4.74 Å². The molecule has 0 saturated heterocycles. The van der Waals surface area contributed by atoms with E-state index in [2.05, 4.69) is 4.98 Å². The first-order valence-corrected chi connectivity index (χ1v) is 10.3. The van der Waals surface area contributed by atoms with Crippen molar-refractivity contribution in [2.45, 2.75) is 17.1 Å². The van der Waals surface area contributed by atoms with Crippen molar-refractivity contribution in [2.24, 2.45) is 0 Å². The third-order valence-corrected chi connectivity index (χ3v) is 5.70. The van der Waals surface area contributed by atoms with E-state index < -0.39 is 11.7 Å². The van der Waals surface area contributed by atoms with Crippen LogP contribution in [0.4, 0.5) is 13.2 Å². The molecular weight excluding hydrogens is 425 g/mol. The van der Waals surface area contributed by atoms with Gasteiger partial charge in [-0.3, -0.25) is 9.36 Å². The van der Waals surface area contributed by atoms with E-state index in [1.807, 2.05) is 0 Å². The van der Waals surface area contributed by atoms with Crippen LogP contribution in [0.15, 0.2) is 82.7 Å². The largest absolute Gasteiger partial charge is 0.495 e. The summed E-state index contributed by atoms with van der Waals surface area (Å²) in [4.78, 5) is 17.9. The molecule has 158 valence electrons. The smallest absolute Gasteiger partial charge is 0.416 e. The maximum Gasteiger partial charge on any atom is 0.416 e. The number of rotatable bonds is 5. The molecule has 3 aromatic carbocycles. The number of alkyl halides is 3. The number of hydrogen-bond acceptors (Lipinski definition) is 4. The van der Waals surface area contributed by atoms with Crippen molar-refractivity contribution >= 4 is 22.7 Å². The van der Waals surface area contributed by atoms with Gasteiger partial charge in [-0.15, -0.1) is 0 Å². The molecule has 0 amide bonds. The predicted octanol–water partition coefficient (Wildman–Crippen LogP) is 5.71. The van der Waals surface area contributed by atoms with Gasteiger partial charge in [0, 0.05) is 5.75 Å². The van der Waals surface area contributed by atoms with Crippen molar-refractivity contribution in [3.8, 4) is 11.4 Å². The van der Waals surface area contributed by atoms with Crippen LogP contribution in [0.2, 0.25) is 0 Å². The number of ether oxygens (including phenoxy) is 1. The third kappa shape index (κ3) is 4.29. The van der Waals surface area contributed by atoms with Crippen molar-refractivity contribution in [2.75, 3.05) is 7.11 Å². The first-order chi connectivity index (χ1) is 14.9. The lowest BCUT2D eigenvalue weighted by Crippen LogP contribution is -2.22. The van der Waals surface area contributed by atoms with Gasteiger partial charge in [0.15, 0.2) is 5.16 Å². The van der Waals surface area contributed by atoms with E-state index in [0.29, 0.717) is 33.1 Å². The zero-order valence-electron chi connectivity index (χ0n) is 16.4. The highest BCUT2D eigenvalue weighted by atomic mass is 32.2. The maximum atomic E-state index is 13.3. The van der Waals surface area contributed by atoms with E-state index in [-0.39, 0.29) is 11.3 Å². The molecule has 0 radical (unpaired) electrons. The molecule has 4 aromatic rings. The molecule has 1 aromatic heterocycles. The van der Waals surface area contributed by atoms with Crippen LogP contribution < -0.4 is 10.3 Å². The monoisotopic (exact) mass is 442 g/mol. The van der Waals surface area contributed by atoms with Crippen molar-refractivity contribution in [1.82, 2.24) is 9.55 Å². The van der Waals surface area contributed by atoms with Crippen molar-refractivity contribution in [3.63, 3.8) is 0 Å². The van der Waals surface area contributed by atoms with Crippen LogP contribution in [0.1, 0.15) is 11.1 Å². The fraction of sp³-hybridized carbons (Fsp3) is 0.130. The molecule has 0 aliphatic rings. The average molecular weight is 442 g/mol. The number of fused-ring (bicyclic) bond motifs is 1. The number of para-hydroxylation sites is 3. The second kappa shape index (κ2) is 8.47. The number of halogens is 3. The highest BCUT2D eigenvalue weighted by molar-refractivity contribution is 7.98. The molecule has 0 aliphatic heterocycles. The number of methoxy groups -OCH3 is 1. The second-order valence-corrected chi connectivity index (χ2v) is 7.65. The summed E-state index contributed by atoms with van der Waals surface area (Å²) >= 11 is 1.19. The zero-order valence-corrected chi connectivity index (χ0v) is 17.2. The fourth-order valence-electron chi connectivity index (χ4n) is 3.22. The minimum absolute atomic E-state index is 0.212. The summed E-state index contributed by atoms with van der Waals surface area (Å²) in [5.74, 6) is 0.701. The van der Waals surface area contributed by atoms with E-state index in [1.165, 1.54) is 29.5 Å². The summed E-state index contributed by atoms with van der Waals surface area (Å²) in [5.41, 5.74) is 0.527. The predicted molar refractivity (Wildman–Crippen MR) is 115 cm³/mol. The van der Waals surface area contributed by atoms with E-state index >= 15 is 0 Å². The summed E-state index contributed by atoms with van der Waals surface area (Å²) in [5, 5.41) is 0.808. The lowest BCUT2D eigenvalue weighted by atomic mass is 10.1. The first-order valence-electron chi connectivity index (χ1n) is 9.32. The average Bonchev–Trinajstić information content (AvgIpc) is 2.77. The van der Waals surface area contributed by atoms with Gasteiger partial charge in [-0.1, -0.05) is 54.2 Å². The zero-order chi connectivity index (χ0) is 22.0. The number of aromatic nitrogens is 2. The van der Waals surface area contributed by atoms with Gasteiger partial charge in [-0.2, -0.15) is 13.2 Å². The minimum atomic E-state index is -4.42. The fourth-order valence-corrected chi connectivity index (χ4v) is 4.17. The van der Waals surface area contributed by atoms with Crippen LogP contribution in [0.3, 0.4) is 0 Å². The van der Waals surface area contributed by atoms with E-state index in [0.717, 1.165) is 12.1 Å². The Kier molecular flexibility index (Phi) is 5.73. The molecule has 0 spiro atoms. The van der Waals surface area contributed by atoms with Crippen LogP contribution in [0.5, 0.6) is 5.75 Å². The molecule has 31 heavy (non-hydrogen) atoms. The van der Waals surface area contributed by atoms with Crippen LogP contribution in [-0.4, -0.2) is 16.7 Å². The van der Waals surface area contributed by atoms with Gasteiger partial charge in [-0.25, -0.2) is 4.98 Å². The quantitative estimate of drug-likeness (QED) is 0.294. The molecule has 0 unspecified atom stereocenters. The third-order valence-electron chi connectivity index (χ3n) is 4.69. The molecular formula is C23H17F3N2O2S. The minimum Gasteiger partial charge on any atom is -0.495 e. The Morgan fingerprint density at radius 3 is 2.52 bits per heavy atom. The number of benzene rings is 3. The lowest BCUT2D eigenvalue weighted by Gasteiger charge is -2.16. The second-order valence-electron chi connectivity index (χ2n) is 6.71. The Labute approximate surface area is 180 Å². The molecule has 0 fully saturated rings. The highest BCUT2D eigenvalue weighted by Gasteiger charge is 2.30. The molecule has 1 heterocycles. The Bertz CT molecular complexity index is 1300. The Hall–Kier alpha value is -3.26. The summed E-state index contributed by atoms with van der Waals surface area (Å²) < 4.78 is 46.0. The van der Waals surface area contributed by atoms with Gasteiger partial charge < -0.3 is 4.74 Å². The molecule has 8 heteroatoms.